The maximum Gasteiger partial charge on any atom is 0.193 e. The molecular formula is C20H38IN3O2. The summed E-state index contributed by atoms with van der Waals surface area (Å²) >= 11 is 0. The molecule has 1 heterocycles. The fourth-order valence-corrected chi connectivity index (χ4v) is 4.65. The Balaban J connectivity index is 0.00000243. The third-order valence-electron chi connectivity index (χ3n) is 6.36. The van der Waals surface area contributed by atoms with Crippen LogP contribution >= 0.6 is 24.0 Å². The summed E-state index contributed by atoms with van der Waals surface area (Å²) in [5.41, 5.74) is -0.545. The van der Waals surface area contributed by atoms with Gasteiger partial charge in [0.15, 0.2) is 5.96 Å². The number of ether oxygens (including phenoxy) is 1. The predicted molar refractivity (Wildman–Crippen MR) is 117 cm³/mol. The molecule has 6 heteroatoms. The highest BCUT2D eigenvalue weighted by molar-refractivity contribution is 14.0. The number of nitrogens with zero attached hydrogens (tertiary/aromatic N) is 2. The van der Waals surface area contributed by atoms with Gasteiger partial charge in [-0.1, -0.05) is 32.1 Å². The van der Waals surface area contributed by atoms with Gasteiger partial charge in [0.05, 0.1) is 11.7 Å². The van der Waals surface area contributed by atoms with Crippen LogP contribution in [0.3, 0.4) is 0 Å². The van der Waals surface area contributed by atoms with Crippen molar-refractivity contribution in [1.29, 1.82) is 0 Å². The van der Waals surface area contributed by atoms with Crippen molar-refractivity contribution in [2.24, 2.45) is 10.9 Å². The number of piperidine rings is 1. The van der Waals surface area contributed by atoms with E-state index < -0.39 is 5.60 Å². The normalized spacial score (nSPS) is 25.2. The molecule has 2 aliphatic carbocycles. The minimum absolute atomic E-state index is 0. The molecule has 0 aromatic heterocycles. The van der Waals surface area contributed by atoms with E-state index in [9.17, 15) is 5.11 Å². The van der Waals surface area contributed by atoms with Crippen LogP contribution in [0, 0.1) is 5.92 Å². The third kappa shape index (κ3) is 6.51. The average Bonchev–Trinajstić information content (AvgIpc) is 3.16. The van der Waals surface area contributed by atoms with Crippen molar-refractivity contribution in [3.8, 4) is 0 Å². The first-order valence-corrected chi connectivity index (χ1v) is 10.5. The molecule has 0 spiro atoms. The molecule has 3 aliphatic rings. The molecule has 0 bridgehead atoms. The molecule has 1 aliphatic heterocycles. The summed E-state index contributed by atoms with van der Waals surface area (Å²) in [4.78, 5) is 6.76. The smallest absolute Gasteiger partial charge is 0.193 e. The van der Waals surface area contributed by atoms with E-state index in [2.05, 4.69) is 15.2 Å². The van der Waals surface area contributed by atoms with E-state index in [1.54, 1.807) is 0 Å². The number of halogens is 1. The van der Waals surface area contributed by atoms with Crippen LogP contribution in [-0.2, 0) is 4.74 Å². The fourth-order valence-electron chi connectivity index (χ4n) is 4.65. The van der Waals surface area contributed by atoms with Crippen molar-refractivity contribution in [3.63, 3.8) is 0 Å². The minimum Gasteiger partial charge on any atom is -0.388 e. The van der Waals surface area contributed by atoms with Crippen molar-refractivity contribution in [2.75, 3.05) is 33.3 Å². The molecular weight excluding hydrogens is 441 g/mol. The Bertz CT molecular complexity index is 427. The van der Waals surface area contributed by atoms with Crippen molar-refractivity contribution < 1.29 is 9.84 Å². The first kappa shape index (κ1) is 22.2. The first-order chi connectivity index (χ1) is 12.2. The van der Waals surface area contributed by atoms with Gasteiger partial charge in [0, 0.05) is 33.3 Å². The van der Waals surface area contributed by atoms with Gasteiger partial charge in [-0.2, -0.15) is 0 Å². The van der Waals surface area contributed by atoms with Crippen LogP contribution in [0.1, 0.15) is 70.6 Å². The third-order valence-corrected chi connectivity index (χ3v) is 6.36. The van der Waals surface area contributed by atoms with Gasteiger partial charge in [-0.25, -0.2) is 0 Å². The first-order valence-electron chi connectivity index (χ1n) is 10.5. The zero-order chi connectivity index (χ0) is 17.5. The highest BCUT2D eigenvalue weighted by atomic mass is 127. The molecule has 26 heavy (non-hydrogen) atoms. The van der Waals surface area contributed by atoms with Crippen LogP contribution in [0.5, 0.6) is 0 Å². The molecule has 5 nitrogen and oxygen atoms in total. The van der Waals surface area contributed by atoms with Crippen LogP contribution in [0.2, 0.25) is 0 Å². The van der Waals surface area contributed by atoms with Gasteiger partial charge in [-0.3, -0.25) is 4.99 Å². The van der Waals surface area contributed by atoms with Crippen molar-refractivity contribution in [2.45, 2.75) is 82.3 Å². The Morgan fingerprint density at radius 1 is 1.08 bits per heavy atom. The van der Waals surface area contributed by atoms with E-state index in [-0.39, 0.29) is 24.0 Å². The number of hydrogen-bond acceptors (Lipinski definition) is 3. The number of guanidine groups is 1. The largest absolute Gasteiger partial charge is 0.388 e. The number of aliphatic imine (C=N–C) groups is 1. The number of hydrogen-bond donors (Lipinski definition) is 2. The molecule has 0 aromatic rings. The Morgan fingerprint density at radius 2 is 1.73 bits per heavy atom. The second-order valence-electron chi connectivity index (χ2n) is 8.36. The Kier molecular flexibility index (Phi) is 9.44. The molecule has 152 valence electrons. The van der Waals surface area contributed by atoms with E-state index in [1.807, 2.05) is 7.05 Å². The van der Waals surface area contributed by atoms with Gasteiger partial charge in [0.1, 0.15) is 0 Å². The van der Waals surface area contributed by atoms with Gasteiger partial charge in [-0.05, 0) is 44.4 Å². The molecule has 0 unspecified atom stereocenters. The van der Waals surface area contributed by atoms with E-state index in [0.717, 1.165) is 70.1 Å². The molecule has 0 amide bonds. The van der Waals surface area contributed by atoms with Gasteiger partial charge >= 0.3 is 0 Å². The summed E-state index contributed by atoms with van der Waals surface area (Å²) in [5.74, 6) is 1.75. The summed E-state index contributed by atoms with van der Waals surface area (Å²) < 4.78 is 6.17. The van der Waals surface area contributed by atoms with Crippen LogP contribution in [0.15, 0.2) is 4.99 Å². The van der Waals surface area contributed by atoms with E-state index in [1.165, 1.54) is 32.1 Å². The van der Waals surface area contributed by atoms with Gasteiger partial charge in [-0.15, -0.1) is 24.0 Å². The van der Waals surface area contributed by atoms with Crippen molar-refractivity contribution in [1.82, 2.24) is 10.2 Å². The summed E-state index contributed by atoms with van der Waals surface area (Å²) in [6.07, 6.45) is 13.4. The molecule has 0 aromatic carbocycles. The maximum absolute atomic E-state index is 10.7. The van der Waals surface area contributed by atoms with E-state index in [0.29, 0.717) is 12.6 Å². The van der Waals surface area contributed by atoms with Crippen LogP contribution < -0.4 is 5.32 Å². The SMILES string of the molecule is CN=C(NCC1(O)CCCCC1)N1CCC(OCC2CCCC2)CC1.I. The molecule has 0 atom stereocenters. The maximum atomic E-state index is 10.7. The zero-order valence-electron chi connectivity index (χ0n) is 16.4. The monoisotopic (exact) mass is 479 g/mol. The number of aliphatic hydroxyl groups is 1. The van der Waals surface area contributed by atoms with Crippen LogP contribution in [0.4, 0.5) is 0 Å². The van der Waals surface area contributed by atoms with E-state index in [4.69, 9.17) is 4.74 Å². The number of nitrogens with one attached hydrogen (secondary N) is 1. The molecule has 2 N–H and O–H groups in total. The summed E-state index contributed by atoms with van der Waals surface area (Å²) in [7, 11) is 1.84. The lowest BCUT2D eigenvalue weighted by Gasteiger charge is -2.37. The quantitative estimate of drug-likeness (QED) is 0.360. The molecule has 3 fully saturated rings. The summed E-state index contributed by atoms with van der Waals surface area (Å²) in [5, 5.41) is 14.1. The number of likely N-dealkylation sites (tertiary alicyclic amines) is 1. The molecule has 0 radical (unpaired) electrons. The Labute approximate surface area is 176 Å². The average molecular weight is 479 g/mol. The van der Waals surface area contributed by atoms with Crippen LogP contribution in [-0.4, -0.2) is 61.0 Å². The molecule has 1 saturated heterocycles. The standard InChI is InChI=1S/C20H37N3O2.HI/c1-21-19(22-16-20(24)11-5-2-6-12-20)23-13-9-18(10-14-23)25-15-17-7-3-4-8-17;/h17-18,24H,2-16H2,1H3,(H,21,22);1H. The van der Waals surface area contributed by atoms with Gasteiger partial charge in [0.2, 0.25) is 0 Å². The summed E-state index contributed by atoms with van der Waals surface area (Å²) in [6.45, 7) is 3.57. The Morgan fingerprint density at radius 3 is 2.35 bits per heavy atom. The van der Waals surface area contributed by atoms with Crippen LogP contribution in [0.25, 0.3) is 0 Å². The van der Waals surface area contributed by atoms with E-state index >= 15 is 0 Å². The topological polar surface area (TPSA) is 57.1 Å². The minimum atomic E-state index is -0.545. The van der Waals surface area contributed by atoms with Crippen molar-refractivity contribution in [3.05, 3.63) is 0 Å². The highest BCUT2D eigenvalue weighted by Crippen LogP contribution is 2.28. The predicted octanol–water partition coefficient (Wildman–Crippen LogP) is 3.55. The second-order valence-corrected chi connectivity index (χ2v) is 8.36. The Hall–Kier alpha value is -0.0800. The lowest BCUT2D eigenvalue weighted by Crippen LogP contribution is -2.51. The lowest BCUT2D eigenvalue weighted by molar-refractivity contribution is -0.00144. The van der Waals surface area contributed by atoms with Crippen molar-refractivity contribution >= 4 is 29.9 Å². The fraction of sp³-hybridized carbons (Fsp3) is 0.950. The zero-order valence-corrected chi connectivity index (χ0v) is 18.7. The highest BCUT2D eigenvalue weighted by Gasteiger charge is 2.30. The van der Waals surface area contributed by atoms with Gasteiger partial charge in [0.25, 0.3) is 0 Å². The van der Waals surface area contributed by atoms with Gasteiger partial charge < -0.3 is 20.1 Å². The number of rotatable bonds is 5. The molecule has 3 rings (SSSR count). The summed E-state index contributed by atoms with van der Waals surface area (Å²) in [6, 6.07) is 0. The second kappa shape index (κ2) is 11.1. The molecule has 2 saturated carbocycles. The lowest BCUT2D eigenvalue weighted by atomic mass is 9.85.